The zero-order valence-corrected chi connectivity index (χ0v) is 14.8. The van der Waals surface area contributed by atoms with Crippen LogP contribution in [0.15, 0.2) is 42.5 Å². The molecule has 4 nitrogen and oxygen atoms in total. The van der Waals surface area contributed by atoms with E-state index in [0.29, 0.717) is 36.6 Å². The van der Waals surface area contributed by atoms with Crippen LogP contribution in [0, 0.1) is 0 Å². The largest absolute Gasteiger partial charge is 0.491 e. The van der Waals surface area contributed by atoms with Crippen molar-refractivity contribution in [3.8, 4) is 5.75 Å². The van der Waals surface area contributed by atoms with E-state index in [9.17, 15) is 13.2 Å². The van der Waals surface area contributed by atoms with E-state index in [-0.39, 0.29) is 6.61 Å². The Balaban J connectivity index is 1.99. The average Bonchev–Trinajstić information content (AvgIpc) is 2.60. The summed E-state index contributed by atoms with van der Waals surface area (Å²) < 4.78 is 49.0. The SMILES string of the molecule is COCCN(C)c1ccc(N)c(OCCc2cccc(C(F)(F)F)c2)c1. The highest BCUT2D eigenvalue weighted by Crippen LogP contribution is 2.30. The van der Waals surface area contributed by atoms with Crippen LogP contribution in [0.25, 0.3) is 0 Å². The third-order valence-corrected chi connectivity index (χ3v) is 3.97. The molecule has 0 aliphatic heterocycles. The number of hydrogen-bond donors (Lipinski definition) is 1. The van der Waals surface area contributed by atoms with Gasteiger partial charge < -0.3 is 20.1 Å². The second-order valence-corrected chi connectivity index (χ2v) is 5.93. The molecule has 0 heterocycles. The second-order valence-electron chi connectivity index (χ2n) is 5.93. The fourth-order valence-electron chi connectivity index (χ4n) is 2.42. The van der Waals surface area contributed by atoms with Crippen molar-refractivity contribution in [2.75, 3.05) is 44.5 Å². The summed E-state index contributed by atoms with van der Waals surface area (Å²) in [5.41, 5.74) is 7.24. The van der Waals surface area contributed by atoms with Crippen LogP contribution in [0.2, 0.25) is 0 Å². The Kier molecular flexibility index (Phi) is 6.74. The molecule has 0 aliphatic carbocycles. The maximum atomic E-state index is 12.8. The van der Waals surface area contributed by atoms with E-state index in [0.717, 1.165) is 17.8 Å². The number of alkyl halides is 3. The van der Waals surface area contributed by atoms with Gasteiger partial charge in [-0.05, 0) is 23.8 Å². The number of hydrogen-bond acceptors (Lipinski definition) is 4. The minimum absolute atomic E-state index is 0.233. The number of halogens is 3. The summed E-state index contributed by atoms with van der Waals surface area (Å²) in [4.78, 5) is 2.00. The Morgan fingerprint density at radius 1 is 1.08 bits per heavy atom. The highest BCUT2D eigenvalue weighted by Gasteiger charge is 2.30. The van der Waals surface area contributed by atoms with Gasteiger partial charge >= 0.3 is 6.18 Å². The molecule has 7 heteroatoms. The molecule has 142 valence electrons. The number of nitrogens with two attached hydrogens (primary N) is 1. The molecule has 2 rings (SSSR count). The maximum absolute atomic E-state index is 12.8. The predicted octanol–water partition coefficient (Wildman–Crippen LogP) is 3.99. The van der Waals surface area contributed by atoms with Gasteiger partial charge in [0.25, 0.3) is 0 Å². The van der Waals surface area contributed by atoms with E-state index in [4.69, 9.17) is 15.2 Å². The molecular formula is C19H23F3N2O2. The van der Waals surface area contributed by atoms with E-state index in [1.807, 2.05) is 24.1 Å². The summed E-state index contributed by atoms with van der Waals surface area (Å²) in [7, 11) is 3.57. The first-order valence-corrected chi connectivity index (χ1v) is 8.20. The number of nitrogen functional groups attached to an aromatic ring is 1. The molecule has 26 heavy (non-hydrogen) atoms. The Morgan fingerprint density at radius 3 is 2.54 bits per heavy atom. The summed E-state index contributed by atoms with van der Waals surface area (Å²) >= 11 is 0. The van der Waals surface area contributed by atoms with E-state index < -0.39 is 11.7 Å². The van der Waals surface area contributed by atoms with Crippen molar-refractivity contribution >= 4 is 11.4 Å². The van der Waals surface area contributed by atoms with E-state index in [1.165, 1.54) is 6.07 Å². The molecule has 0 saturated heterocycles. The number of ether oxygens (including phenoxy) is 2. The van der Waals surface area contributed by atoms with Gasteiger partial charge in [0.15, 0.2) is 0 Å². The molecule has 0 unspecified atom stereocenters. The standard InChI is InChI=1S/C19H23F3N2O2/c1-24(9-11-25-2)16-6-7-17(23)18(13-16)26-10-8-14-4-3-5-15(12-14)19(20,21)22/h3-7,12-13H,8-11,23H2,1-2H3. The molecular weight excluding hydrogens is 345 g/mol. The third kappa shape index (κ3) is 5.56. The van der Waals surface area contributed by atoms with Crippen LogP contribution in [-0.4, -0.2) is 33.9 Å². The first-order valence-electron chi connectivity index (χ1n) is 8.20. The molecule has 0 radical (unpaired) electrons. The van der Waals surface area contributed by atoms with E-state index in [2.05, 4.69) is 0 Å². The first-order chi connectivity index (χ1) is 12.3. The maximum Gasteiger partial charge on any atom is 0.416 e. The molecule has 0 spiro atoms. The van der Waals surface area contributed by atoms with Gasteiger partial charge in [-0.2, -0.15) is 13.2 Å². The Labute approximate surface area is 151 Å². The fourth-order valence-corrected chi connectivity index (χ4v) is 2.42. The zero-order chi connectivity index (χ0) is 19.2. The summed E-state index contributed by atoms with van der Waals surface area (Å²) in [6.45, 7) is 1.54. The summed E-state index contributed by atoms with van der Waals surface area (Å²) in [5.74, 6) is 0.513. The van der Waals surface area contributed by atoms with Crippen LogP contribution < -0.4 is 15.4 Å². The minimum atomic E-state index is -4.34. The van der Waals surface area contributed by atoms with Crippen molar-refractivity contribution < 1.29 is 22.6 Å². The zero-order valence-electron chi connectivity index (χ0n) is 14.8. The fraction of sp³-hybridized carbons (Fsp3) is 0.368. The van der Waals surface area contributed by atoms with Gasteiger partial charge in [0.05, 0.1) is 24.5 Å². The van der Waals surface area contributed by atoms with Crippen molar-refractivity contribution in [1.29, 1.82) is 0 Å². The van der Waals surface area contributed by atoms with Gasteiger partial charge in [0, 0.05) is 38.9 Å². The van der Waals surface area contributed by atoms with Gasteiger partial charge in [-0.1, -0.05) is 18.2 Å². The van der Waals surface area contributed by atoms with Gasteiger partial charge in [-0.25, -0.2) is 0 Å². The Hall–Kier alpha value is -2.41. The summed E-state index contributed by atoms with van der Waals surface area (Å²) in [6, 6.07) is 10.7. The highest BCUT2D eigenvalue weighted by molar-refractivity contribution is 5.62. The van der Waals surface area contributed by atoms with Crippen LogP contribution in [0.5, 0.6) is 5.75 Å². The van der Waals surface area contributed by atoms with Crippen molar-refractivity contribution in [3.63, 3.8) is 0 Å². The van der Waals surface area contributed by atoms with Crippen molar-refractivity contribution in [1.82, 2.24) is 0 Å². The minimum Gasteiger partial charge on any atom is -0.491 e. The van der Waals surface area contributed by atoms with Crippen LogP contribution in [0.4, 0.5) is 24.5 Å². The topological polar surface area (TPSA) is 47.7 Å². The molecule has 2 N–H and O–H groups in total. The number of methoxy groups -OCH3 is 1. The molecule has 2 aromatic rings. The molecule has 0 aromatic heterocycles. The monoisotopic (exact) mass is 368 g/mol. The molecule has 0 amide bonds. The third-order valence-electron chi connectivity index (χ3n) is 3.97. The first kappa shape index (κ1) is 19.9. The average molecular weight is 368 g/mol. The van der Waals surface area contributed by atoms with Gasteiger partial charge in [-0.3, -0.25) is 0 Å². The lowest BCUT2D eigenvalue weighted by Gasteiger charge is -2.20. The number of likely N-dealkylation sites (N-methyl/N-ethyl adjacent to an activating group) is 1. The smallest absolute Gasteiger partial charge is 0.416 e. The van der Waals surface area contributed by atoms with Gasteiger partial charge in [0.2, 0.25) is 0 Å². The van der Waals surface area contributed by atoms with Crippen LogP contribution in [0.1, 0.15) is 11.1 Å². The number of nitrogens with zero attached hydrogens (tertiary/aromatic N) is 1. The van der Waals surface area contributed by atoms with Crippen molar-refractivity contribution in [2.24, 2.45) is 0 Å². The lowest BCUT2D eigenvalue weighted by molar-refractivity contribution is -0.137. The van der Waals surface area contributed by atoms with Crippen molar-refractivity contribution in [3.05, 3.63) is 53.6 Å². The number of anilines is 2. The van der Waals surface area contributed by atoms with Crippen LogP contribution in [0.3, 0.4) is 0 Å². The van der Waals surface area contributed by atoms with E-state index in [1.54, 1.807) is 19.2 Å². The molecule has 0 atom stereocenters. The summed E-state index contributed by atoms with van der Waals surface area (Å²) in [6.07, 6.45) is -3.99. The second kappa shape index (κ2) is 8.80. The van der Waals surface area contributed by atoms with E-state index >= 15 is 0 Å². The molecule has 0 fully saturated rings. The predicted molar refractivity (Wildman–Crippen MR) is 96.6 cm³/mol. The summed E-state index contributed by atoms with van der Waals surface area (Å²) in [5, 5.41) is 0. The van der Waals surface area contributed by atoms with Crippen LogP contribution in [-0.2, 0) is 17.3 Å². The van der Waals surface area contributed by atoms with Crippen molar-refractivity contribution in [2.45, 2.75) is 12.6 Å². The quantitative estimate of drug-likeness (QED) is 0.716. The van der Waals surface area contributed by atoms with Gasteiger partial charge in [0.1, 0.15) is 5.75 Å². The lowest BCUT2D eigenvalue weighted by atomic mass is 10.1. The van der Waals surface area contributed by atoms with Gasteiger partial charge in [-0.15, -0.1) is 0 Å². The number of benzene rings is 2. The Bertz CT molecular complexity index is 720. The normalized spacial score (nSPS) is 11.4. The molecule has 0 aliphatic rings. The molecule has 2 aromatic carbocycles. The highest BCUT2D eigenvalue weighted by atomic mass is 19.4. The lowest BCUT2D eigenvalue weighted by Crippen LogP contribution is -2.22. The number of rotatable bonds is 8. The molecule has 0 saturated carbocycles. The van der Waals surface area contributed by atoms with Crippen LogP contribution >= 0.6 is 0 Å². The molecule has 0 bridgehead atoms. The Morgan fingerprint density at radius 2 is 1.85 bits per heavy atom.